The number of rotatable bonds is 4. The number of hydrogen-bond donors (Lipinski definition) is 1. The van der Waals surface area contributed by atoms with E-state index < -0.39 is 5.97 Å². The number of carbonyl (C=O) groups is 2. The number of methoxy groups -OCH3 is 1. The lowest BCUT2D eigenvalue weighted by Crippen LogP contribution is -2.14. The number of carbonyl (C=O) groups excluding carboxylic acids is 2. The van der Waals surface area contributed by atoms with Crippen molar-refractivity contribution >= 4 is 17.6 Å². The van der Waals surface area contributed by atoms with E-state index in [1.165, 1.54) is 7.11 Å². The van der Waals surface area contributed by atoms with Crippen molar-refractivity contribution in [3.05, 3.63) is 77.6 Å². The Morgan fingerprint density at radius 1 is 1.08 bits per heavy atom. The standard InChI is InChI=1S/C19H17N3O3/c1-13-16(19(24)25-2)5-3-6-17(13)21-18(23)14-7-9-15(10-8-14)22-12-4-11-20-22/h3-12H,1-2H3,(H,21,23). The van der Waals surface area contributed by atoms with E-state index in [2.05, 4.69) is 10.4 Å². The Bertz CT molecular complexity index is 900. The molecule has 6 heteroatoms. The fourth-order valence-corrected chi connectivity index (χ4v) is 2.48. The number of anilines is 1. The Balaban J connectivity index is 1.80. The molecule has 6 nitrogen and oxygen atoms in total. The van der Waals surface area contributed by atoms with Gasteiger partial charge in [0.25, 0.3) is 5.91 Å². The van der Waals surface area contributed by atoms with Gasteiger partial charge in [-0.1, -0.05) is 6.07 Å². The van der Waals surface area contributed by atoms with Gasteiger partial charge in [0, 0.05) is 23.6 Å². The molecule has 1 amide bonds. The Morgan fingerprint density at radius 2 is 1.84 bits per heavy atom. The predicted molar refractivity (Wildman–Crippen MR) is 94.0 cm³/mol. The molecule has 126 valence electrons. The summed E-state index contributed by atoms with van der Waals surface area (Å²) < 4.78 is 6.46. The Kier molecular flexibility index (Phi) is 4.61. The maximum atomic E-state index is 12.5. The van der Waals surface area contributed by atoms with Gasteiger partial charge in [0.15, 0.2) is 0 Å². The zero-order chi connectivity index (χ0) is 17.8. The molecule has 0 atom stereocenters. The first-order chi connectivity index (χ1) is 12.1. The highest BCUT2D eigenvalue weighted by Gasteiger charge is 2.14. The zero-order valence-corrected chi connectivity index (χ0v) is 13.9. The van der Waals surface area contributed by atoms with E-state index in [0.29, 0.717) is 22.4 Å². The molecule has 0 aliphatic rings. The summed E-state index contributed by atoms with van der Waals surface area (Å²) in [6, 6.07) is 14.0. The van der Waals surface area contributed by atoms with Crippen molar-refractivity contribution in [2.45, 2.75) is 6.92 Å². The van der Waals surface area contributed by atoms with Gasteiger partial charge >= 0.3 is 5.97 Å². The average Bonchev–Trinajstić information content (AvgIpc) is 3.17. The average molecular weight is 335 g/mol. The molecule has 3 rings (SSSR count). The number of esters is 1. The lowest BCUT2D eigenvalue weighted by molar-refractivity contribution is 0.0599. The maximum absolute atomic E-state index is 12.5. The van der Waals surface area contributed by atoms with Crippen molar-refractivity contribution in [2.24, 2.45) is 0 Å². The number of nitrogens with one attached hydrogen (secondary N) is 1. The summed E-state index contributed by atoms with van der Waals surface area (Å²) in [7, 11) is 1.33. The number of ether oxygens (including phenoxy) is 1. The van der Waals surface area contributed by atoms with Crippen LogP contribution >= 0.6 is 0 Å². The molecule has 25 heavy (non-hydrogen) atoms. The largest absolute Gasteiger partial charge is 0.465 e. The Morgan fingerprint density at radius 3 is 2.48 bits per heavy atom. The highest BCUT2D eigenvalue weighted by atomic mass is 16.5. The molecule has 0 aliphatic heterocycles. The minimum absolute atomic E-state index is 0.253. The molecule has 0 saturated carbocycles. The molecule has 0 bridgehead atoms. The number of aromatic nitrogens is 2. The van der Waals surface area contributed by atoms with Crippen molar-refractivity contribution in [3.63, 3.8) is 0 Å². The summed E-state index contributed by atoms with van der Waals surface area (Å²) in [6.45, 7) is 1.77. The van der Waals surface area contributed by atoms with Crippen LogP contribution in [0.25, 0.3) is 5.69 Å². The molecular weight excluding hydrogens is 318 g/mol. The van der Waals surface area contributed by atoms with E-state index in [0.717, 1.165) is 5.69 Å². The van der Waals surface area contributed by atoms with Gasteiger partial charge < -0.3 is 10.1 Å². The predicted octanol–water partition coefficient (Wildman–Crippen LogP) is 3.22. The van der Waals surface area contributed by atoms with Gasteiger partial charge in [0.2, 0.25) is 0 Å². The van der Waals surface area contributed by atoms with Gasteiger partial charge in [0.1, 0.15) is 0 Å². The fourth-order valence-electron chi connectivity index (χ4n) is 2.48. The van der Waals surface area contributed by atoms with Crippen LogP contribution in [-0.2, 0) is 4.74 Å². The highest BCUT2D eigenvalue weighted by Crippen LogP contribution is 2.20. The highest BCUT2D eigenvalue weighted by molar-refractivity contribution is 6.05. The second kappa shape index (κ2) is 7.00. The molecule has 0 aliphatic carbocycles. The number of amides is 1. The van der Waals surface area contributed by atoms with Crippen LogP contribution < -0.4 is 5.32 Å². The van der Waals surface area contributed by atoms with Crippen molar-refractivity contribution in [3.8, 4) is 5.69 Å². The fraction of sp³-hybridized carbons (Fsp3) is 0.105. The Labute approximate surface area is 145 Å². The maximum Gasteiger partial charge on any atom is 0.338 e. The molecule has 0 spiro atoms. The third kappa shape index (κ3) is 3.42. The van der Waals surface area contributed by atoms with Crippen LogP contribution in [-0.4, -0.2) is 28.8 Å². The van der Waals surface area contributed by atoms with Gasteiger partial charge in [-0.2, -0.15) is 5.10 Å². The summed E-state index contributed by atoms with van der Waals surface area (Å²) in [4.78, 5) is 24.2. The molecule has 1 heterocycles. The smallest absolute Gasteiger partial charge is 0.338 e. The summed E-state index contributed by atoms with van der Waals surface area (Å²) >= 11 is 0. The molecule has 0 unspecified atom stereocenters. The summed E-state index contributed by atoms with van der Waals surface area (Å²) in [5.74, 6) is -0.686. The molecule has 0 fully saturated rings. The first-order valence-electron chi connectivity index (χ1n) is 7.69. The van der Waals surface area contributed by atoms with Crippen LogP contribution in [0.4, 0.5) is 5.69 Å². The van der Waals surface area contributed by atoms with E-state index in [9.17, 15) is 9.59 Å². The minimum Gasteiger partial charge on any atom is -0.465 e. The van der Waals surface area contributed by atoms with Crippen LogP contribution in [0.15, 0.2) is 60.9 Å². The number of benzene rings is 2. The molecule has 2 aromatic carbocycles. The summed E-state index contributed by atoms with van der Waals surface area (Å²) in [5, 5.41) is 6.98. The molecule has 0 radical (unpaired) electrons. The van der Waals surface area contributed by atoms with Gasteiger partial charge in [-0.25, -0.2) is 9.48 Å². The molecule has 1 aromatic heterocycles. The molecule has 0 saturated heterocycles. The van der Waals surface area contributed by atoms with Crippen LogP contribution in [0.1, 0.15) is 26.3 Å². The van der Waals surface area contributed by atoms with Crippen molar-refractivity contribution in [1.29, 1.82) is 0 Å². The van der Waals surface area contributed by atoms with Crippen LogP contribution in [0.2, 0.25) is 0 Å². The van der Waals surface area contributed by atoms with E-state index in [4.69, 9.17) is 4.74 Å². The van der Waals surface area contributed by atoms with Crippen molar-refractivity contribution < 1.29 is 14.3 Å². The number of hydrogen-bond acceptors (Lipinski definition) is 4. The molecule has 1 N–H and O–H groups in total. The first kappa shape index (κ1) is 16.4. The van der Waals surface area contributed by atoms with Gasteiger partial charge in [0.05, 0.1) is 18.4 Å². The minimum atomic E-state index is -0.433. The van der Waals surface area contributed by atoms with Crippen molar-refractivity contribution in [2.75, 3.05) is 12.4 Å². The van der Waals surface area contributed by atoms with Crippen LogP contribution in [0, 0.1) is 6.92 Å². The lowest BCUT2D eigenvalue weighted by atomic mass is 10.1. The van der Waals surface area contributed by atoms with E-state index in [-0.39, 0.29) is 5.91 Å². The van der Waals surface area contributed by atoms with Crippen LogP contribution in [0.3, 0.4) is 0 Å². The number of nitrogens with zero attached hydrogens (tertiary/aromatic N) is 2. The summed E-state index contributed by atoms with van der Waals surface area (Å²) in [5.41, 5.74) is 3.04. The van der Waals surface area contributed by atoms with Gasteiger partial charge in [-0.3, -0.25) is 4.79 Å². The van der Waals surface area contributed by atoms with E-state index >= 15 is 0 Å². The SMILES string of the molecule is COC(=O)c1cccc(NC(=O)c2ccc(-n3cccn3)cc2)c1C. The quantitative estimate of drug-likeness (QED) is 0.743. The zero-order valence-electron chi connectivity index (χ0n) is 13.9. The van der Waals surface area contributed by atoms with Gasteiger partial charge in [-0.05, 0) is 55.0 Å². The second-order valence-electron chi connectivity index (χ2n) is 5.42. The molecular formula is C19H17N3O3. The first-order valence-corrected chi connectivity index (χ1v) is 7.69. The van der Waals surface area contributed by atoms with Gasteiger partial charge in [-0.15, -0.1) is 0 Å². The third-order valence-corrected chi connectivity index (χ3v) is 3.89. The monoisotopic (exact) mass is 335 g/mol. The lowest BCUT2D eigenvalue weighted by Gasteiger charge is -2.11. The van der Waals surface area contributed by atoms with E-state index in [1.807, 2.05) is 24.4 Å². The van der Waals surface area contributed by atoms with Crippen LogP contribution in [0.5, 0.6) is 0 Å². The third-order valence-electron chi connectivity index (χ3n) is 3.89. The van der Waals surface area contributed by atoms with Crippen molar-refractivity contribution in [1.82, 2.24) is 9.78 Å². The Hall–Kier alpha value is -3.41. The van der Waals surface area contributed by atoms with E-state index in [1.54, 1.807) is 48.1 Å². The second-order valence-corrected chi connectivity index (χ2v) is 5.42. The topological polar surface area (TPSA) is 73.2 Å². The molecule has 3 aromatic rings. The summed E-state index contributed by atoms with van der Waals surface area (Å²) in [6.07, 6.45) is 3.52. The normalized spacial score (nSPS) is 10.3.